The Balaban J connectivity index is 3.21. The predicted octanol–water partition coefficient (Wildman–Crippen LogP) is 1.09. The molecular weight excluding hydrogens is 240 g/mol. The maximum Gasteiger partial charge on any atom is 0.273 e. The molecule has 0 saturated carbocycles. The van der Waals surface area contributed by atoms with Crippen molar-refractivity contribution in [2.45, 2.75) is 51.7 Å². The zero-order chi connectivity index (χ0) is 13.2. The molecule has 1 atom stereocenters. The van der Waals surface area contributed by atoms with E-state index < -0.39 is 10.0 Å². The van der Waals surface area contributed by atoms with Crippen LogP contribution in [0.1, 0.15) is 46.0 Å². The van der Waals surface area contributed by atoms with Crippen LogP contribution in [0, 0.1) is 5.92 Å². The largest absolute Gasteiger partial charge is 0.298 e. The van der Waals surface area contributed by atoms with E-state index in [0.29, 0.717) is 18.2 Å². The quantitative estimate of drug-likeness (QED) is 0.858. The molecule has 0 spiro atoms. The van der Waals surface area contributed by atoms with E-state index in [1.807, 2.05) is 13.8 Å². The third-order valence-corrected chi connectivity index (χ3v) is 3.52. The summed E-state index contributed by atoms with van der Waals surface area (Å²) in [6.45, 7) is 7.95. The monoisotopic (exact) mass is 260 g/mol. The lowest BCUT2D eigenvalue weighted by Crippen LogP contribution is -2.21. The minimum atomic E-state index is -3.81. The van der Waals surface area contributed by atoms with E-state index in [1.165, 1.54) is 0 Å². The molecule has 1 aromatic heterocycles. The molecule has 0 fully saturated rings. The summed E-state index contributed by atoms with van der Waals surface area (Å²) in [6.07, 6.45) is 1.72. The molecule has 17 heavy (non-hydrogen) atoms. The fraction of sp³-hybridized carbons (Fsp3) is 0.800. The zero-order valence-corrected chi connectivity index (χ0v) is 11.5. The molecule has 0 bridgehead atoms. The van der Waals surface area contributed by atoms with Gasteiger partial charge in [-0.3, -0.25) is 4.57 Å². The summed E-state index contributed by atoms with van der Waals surface area (Å²) in [7, 11) is -3.81. The minimum absolute atomic E-state index is 0.0302. The van der Waals surface area contributed by atoms with Gasteiger partial charge < -0.3 is 0 Å². The highest BCUT2D eigenvalue weighted by atomic mass is 32.2. The SMILES string of the molecule is CCC(C)Cc1nnc(S(N)(=O)=O)n1C(C)C. The third-order valence-electron chi connectivity index (χ3n) is 2.73. The fourth-order valence-corrected chi connectivity index (χ4v) is 2.36. The van der Waals surface area contributed by atoms with Gasteiger partial charge in [-0.1, -0.05) is 20.3 Å². The van der Waals surface area contributed by atoms with Gasteiger partial charge in [0.2, 0.25) is 0 Å². The molecule has 7 heteroatoms. The highest BCUT2D eigenvalue weighted by Gasteiger charge is 2.23. The van der Waals surface area contributed by atoms with Gasteiger partial charge in [-0.15, -0.1) is 10.2 Å². The van der Waals surface area contributed by atoms with Crippen LogP contribution in [0.25, 0.3) is 0 Å². The van der Waals surface area contributed by atoms with Gasteiger partial charge in [-0.05, 0) is 19.8 Å². The standard InChI is InChI=1S/C10H20N4O2S/c1-5-8(4)6-9-12-13-10(17(11,15)16)14(9)7(2)3/h7-8H,5-6H2,1-4H3,(H2,11,15,16). The Morgan fingerprint density at radius 2 is 1.88 bits per heavy atom. The highest BCUT2D eigenvalue weighted by molar-refractivity contribution is 7.89. The van der Waals surface area contributed by atoms with E-state index in [9.17, 15) is 8.42 Å². The second-order valence-corrected chi connectivity index (χ2v) is 6.08. The number of nitrogens with zero attached hydrogens (tertiary/aromatic N) is 3. The second kappa shape index (κ2) is 5.14. The first kappa shape index (κ1) is 14.1. The summed E-state index contributed by atoms with van der Waals surface area (Å²) in [6, 6.07) is -0.0302. The van der Waals surface area contributed by atoms with Crippen LogP contribution in [0.4, 0.5) is 0 Å². The van der Waals surface area contributed by atoms with Gasteiger partial charge in [0.05, 0.1) is 0 Å². The Morgan fingerprint density at radius 3 is 2.29 bits per heavy atom. The van der Waals surface area contributed by atoms with Crippen LogP contribution in [-0.4, -0.2) is 23.2 Å². The average molecular weight is 260 g/mol. The number of hydrogen-bond donors (Lipinski definition) is 1. The number of rotatable bonds is 5. The van der Waals surface area contributed by atoms with Crippen molar-refractivity contribution in [1.82, 2.24) is 14.8 Å². The summed E-state index contributed by atoms with van der Waals surface area (Å²) >= 11 is 0. The predicted molar refractivity (Wildman–Crippen MR) is 64.9 cm³/mol. The maximum absolute atomic E-state index is 11.4. The Kier molecular flexibility index (Phi) is 4.26. The van der Waals surface area contributed by atoms with Crippen LogP contribution < -0.4 is 5.14 Å². The van der Waals surface area contributed by atoms with Crippen molar-refractivity contribution in [2.75, 3.05) is 0 Å². The molecule has 0 aliphatic heterocycles. The Morgan fingerprint density at radius 1 is 1.29 bits per heavy atom. The van der Waals surface area contributed by atoms with Crippen LogP contribution in [0.15, 0.2) is 5.16 Å². The van der Waals surface area contributed by atoms with E-state index in [-0.39, 0.29) is 11.2 Å². The van der Waals surface area contributed by atoms with Crippen LogP contribution in [0.3, 0.4) is 0 Å². The van der Waals surface area contributed by atoms with Gasteiger partial charge in [0.25, 0.3) is 15.2 Å². The molecule has 0 radical (unpaired) electrons. The summed E-state index contributed by atoms with van der Waals surface area (Å²) in [4.78, 5) is 0. The molecule has 0 saturated heterocycles. The molecule has 0 aliphatic rings. The molecule has 1 aromatic rings. The van der Waals surface area contributed by atoms with E-state index >= 15 is 0 Å². The topological polar surface area (TPSA) is 90.9 Å². The zero-order valence-electron chi connectivity index (χ0n) is 10.7. The van der Waals surface area contributed by atoms with Crippen LogP contribution >= 0.6 is 0 Å². The lowest BCUT2D eigenvalue weighted by Gasteiger charge is -2.14. The average Bonchev–Trinajstić information content (AvgIpc) is 2.60. The van der Waals surface area contributed by atoms with Gasteiger partial charge in [-0.25, -0.2) is 13.6 Å². The summed E-state index contributed by atoms with van der Waals surface area (Å²) in [5.74, 6) is 1.11. The van der Waals surface area contributed by atoms with Gasteiger partial charge >= 0.3 is 0 Å². The highest BCUT2D eigenvalue weighted by Crippen LogP contribution is 2.18. The Labute approximate surface area is 102 Å². The first-order valence-corrected chi connectivity index (χ1v) is 7.28. The van der Waals surface area contributed by atoms with E-state index in [1.54, 1.807) is 4.57 Å². The molecule has 0 amide bonds. The maximum atomic E-state index is 11.4. The summed E-state index contributed by atoms with van der Waals surface area (Å²) < 4.78 is 24.4. The van der Waals surface area contributed by atoms with Crippen molar-refractivity contribution < 1.29 is 8.42 Å². The van der Waals surface area contributed by atoms with Crippen molar-refractivity contribution >= 4 is 10.0 Å². The van der Waals surface area contributed by atoms with Gasteiger partial charge in [0, 0.05) is 12.5 Å². The molecule has 98 valence electrons. The van der Waals surface area contributed by atoms with Crippen LogP contribution in [-0.2, 0) is 16.4 Å². The van der Waals surface area contributed by atoms with Crippen LogP contribution in [0.2, 0.25) is 0 Å². The fourth-order valence-electron chi connectivity index (χ4n) is 1.62. The van der Waals surface area contributed by atoms with Crippen molar-refractivity contribution in [1.29, 1.82) is 0 Å². The summed E-state index contributed by atoms with van der Waals surface area (Å²) in [5, 5.41) is 12.6. The van der Waals surface area contributed by atoms with E-state index in [2.05, 4.69) is 24.0 Å². The van der Waals surface area contributed by atoms with Gasteiger partial charge in [-0.2, -0.15) is 0 Å². The third kappa shape index (κ3) is 3.26. The number of nitrogens with two attached hydrogens (primary N) is 1. The Bertz CT molecular complexity index is 478. The molecule has 1 heterocycles. The smallest absolute Gasteiger partial charge is 0.273 e. The molecular formula is C10H20N4O2S. The lowest BCUT2D eigenvalue weighted by molar-refractivity contribution is 0.471. The molecule has 0 aliphatic carbocycles. The van der Waals surface area contributed by atoms with E-state index in [4.69, 9.17) is 5.14 Å². The summed E-state index contributed by atoms with van der Waals surface area (Å²) in [5.41, 5.74) is 0. The van der Waals surface area contributed by atoms with Crippen molar-refractivity contribution in [2.24, 2.45) is 11.1 Å². The van der Waals surface area contributed by atoms with Crippen molar-refractivity contribution in [3.8, 4) is 0 Å². The molecule has 6 nitrogen and oxygen atoms in total. The van der Waals surface area contributed by atoms with Crippen molar-refractivity contribution in [3.63, 3.8) is 0 Å². The first-order chi connectivity index (χ1) is 7.77. The minimum Gasteiger partial charge on any atom is -0.298 e. The number of sulfonamides is 1. The number of primary sulfonamides is 1. The number of hydrogen-bond acceptors (Lipinski definition) is 4. The Hall–Kier alpha value is -0.950. The second-order valence-electron chi connectivity index (χ2n) is 4.63. The van der Waals surface area contributed by atoms with E-state index in [0.717, 1.165) is 6.42 Å². The van der Waals surface area contributed by atoms with Crippen LogP contribution in [0.5, 0.6) is 0 Å². The molecule has 0 aromatic carbocycles. The molecule has 2 N–H and O–H groups in total. The number of aromatic nitrogens is 3. The van der Waals surface area contributed by atoms with Crippen molar-refractivity contribution in [3.05, 3.63) is 5.82 Å². The molecule has 1 unspecified atom stereocenters. The van der Waals surface area contributed by atoms with Gasteiger partial charge in [0.1, 0.15) is 5.82 Å². The molecule has 1 rings (SSSR count). The van der Waals surface area contributed by atoms with Gasteiger partial charge in [0.15, 0.2) is 0 Å². The first-order valence-electron chi connectivity index (χ1n) is 5.73. The lowest BCUT2D eigenvalue weighted by atomic mass is 10.0. The normalized spacial score (nSPS) is 14.2.